The van der Waals surface area contributed by atoms with E-state index in [2.05, 4.69) is 24.3 Å². The molecule has 2 heterocycles. The molecule has 2 atom stereocenters. The Hall–Kier alpha value is -2.59. The van der Waals surface area contributed by atoms with Crippen LogP contribution >= 0.6 is 0 Å². The van der Waals surface area contributed by atoms with E-state index >= 15 is 0 Å². The summed E-state index contributed by atoms with van der Waals surface area (Å²) in [6.45, 7) is 3.42. The maximum absolute atomic E-state index is 11.9. The number of ether oxygens (including phenoxy) is 1. The molecule has 1 aliphatic carbocycles. The van der Waals surface area contributed by atoms with Crippen molar-refractivity contribution >= 4 is 11.0 Å². The van der Waals surface area contributed by atoms with E-state index < -0.39 is 0 Å². The van der Waals surface area contributed by atoms with Crippen LogP contribution in [0.4, 0.5) is 0 Å². The molecule has 3 aromatic rings. The first-order chi connectivity index (χ1) is 12.7. The van der Waals surface area contributed by atoms with Crippen LogP contribution in [0.25, 0.3) is 11.0 Å². The third-order valence-corrected chi connectivity index (χ3v) is 5.86. The Bertz CT molecular complexity index is 1050. The van der Waals surface area contributed by atoms with Crippen LogP contribution in [0.3, 0.4) is 0 Å². The molecule has 1 unspecified atom stereocenters. The van der Waals surface area contributed by atoms with Crippen molar-refractivity contribution in [2.24, 2.45) is 0 Å². The second-order valence-corrected chi connectivity index (χ2v) is 7.43. The molecule has 4 heteroatoms. The highest BCUT2D eigenvalue weighted by Gasteiger charge is 2.33. The molecule has 5 rings (SSSR count). The third kappa shape index (κ3) is 2.44. The smallest absolute Gasteiger partial charge is 0.336 e. The molecule has 4 nitrogen and oxygen atoms in total. The number of fused-ring (bicyclic) bond motifs is 4. The summed E-state index contributed by atoms with van der Waals surface area (Å²) in [6.07, 6.45) is 3.54. The molecule has 2 aliphatic rings. The first-order valence-electron chi connectivity index (χ1n) is 9.32. The minimum atomic E-state index is -0.293. The number of rotatable bonds is 1. The van der Waals surface area contributed by atoms with E-state index in [9.17, 15) is 4.79 Å². The minimum Gasteiger partial charge on any atom is -0.445 e. The van der Waals surface area contributed by atoms with Crippen molar-refractivity contribution in [1.82, 2.24) is 0 Å². The van der Waals surface area contributed by atoms with Crippen molar-refractivity contribution in [3.05, 3.63) is 75.1 Å². The van der Waals surface area contributed by atoms with E-state index in [-0.39, 0.29) is 5.63 Å². The number of quaternary nitrogens is 1. The van der Waals surface area contributed by atoms with Crippen LogP contribution in [0.15, 0.2) is 51.7 Å². The summed E-state index contributed by atoms with van der Waals surface area (Å²) in [4.78, 5) is 13.3. The predicted molar refractivity (Wildman–Crippen MR) is 99.5 cm³/mol. The Kier molecular flexibility index (Phi) is 3.61. The largest absolute Gasteiger partial charge is 0.445 e. The number of hydrogen-bond donors (Lipinski definition) is 1. The number of aryl methyl sites for hydroxylation is 2. The second kappa shape index (κ2) is 5.99. The minimum absolute atomic E-state index is 0.293. The molecule has 0 saturated carbocycles. The van der Waals surface area contributed by atoms with Crippen molar-refractivity contribution in [1.29, 1.82) is 0 Å². The van der Waals surface area contributed by atoms with Gasteiger partial charge in [-0.3, -0.25) is 4.90 Å². The second-order valence-electron chi connectivity index (χ2n) is 7.43. The predicted octanol–water partition coefficient (Wildman–Crippen LogP) is 2.91. The quantitative estimate of drug-likeness (QED) is 0.688. The van der Waals surface area contributed by atoms with E-state index in [1.807, 2.05) is 19.1 Å². The number of benzene rings is 2. The van der Waals surface area contributed by atoms with Gasteiger partial charge in [0.25, 0.3) is 0 Å². The highest BCUT2D eigenvalue weighted by atomic mass is 16.5. The molecule has 26 heavy (non-hydrogen) atoms. The maximum atomic E-state index is 11.9. The van der Waals surface area contributed by atoms with Gasteiger partial charge in [-0.15, -0.1) is 0 Å². The molecule has 0 saturated heterocycles. The molecule has 0 radical (unpaired) electrons. The average Bonchev–Trinajstić information content (AvgIpc) is 2.67. The lowest BCUT2D eigenvalue weighted by atomic mass is 9.86. The van der Waals surface area contributed by atoms with Crippen LogP contribution < -0.4 is 15.3 Å². The summed E-state index contributed by atoms with van der Waals surface area (Å²) in [5.41, 5.74) is 5.27. The zero-order chi connectivity index (χ0) is 17.7. The lowest BCUT2D eigenvalue weighted by Gasteiger charge is -2.35. The molecule has 2 aromatic carbocycles. The normalized spacial score (nSPS) is 21.7. The van der Waals surface area contributed by atoms with Crippen LogP contribution in [0.5, 0.6) is 5.75 Å². The maximum Gasteiger partial charge on any atom is 0.336 e. The molecule has 1 N–H and O–H groups in total. The fourth-order valence-electron chi connectivity index (χ4n) is 4.57. The average molecular weight is 348 g/mol. The molecule has 1 aromatic heterocycles. The van der Waals surface area contributed by atoms with Gasteiger partial charge in [0.1, 0.15) is 18.3 Å². The lowest BCUT2D eigenvalue weighted by molar-refractivity contribution is -0.963. The fourth-order valence-corrected chi connectivity index (χ4v) is 4.57. The van der Waals surface area contributed by atoms with Gasteiger partial charge >= 0.3 is 5.63 Å². The molecule has 132 valence electrons. The van der Waals surface area contributed by atoms with E-state index in [0.717, 1.165) is 35.2 Å². The zero-order valence-electron chi connectivity index (χ0n) is 14.9. The van der Waals surface area contributed by atoms with Crippen molar-refractivity contribution in [2.45, 2.75) is 38.8 Å². The van der Waals surface area contributed by atoms with Crippen molar-refractivity contribution < 1.29 is 14.1 Å². The van der Waals surface area contributed by atoms with Gasteiger partial charge in [-0.05, 0) is 43.0 Å². The summed E-state index contributed by atoms with van der Waals surface area (Å²) < 4.78 is 11.7. The van der Waals surface area contributed by atoms with Crippen LogP contribution in [0.1, 0.15) is 41.1 Å². The molecular formula is C22H22NO3+. The van der Waals surface area contributed by atoms with Crippen LogP contribution in [0.2, 0.25) is 0 Å². The standard InChI is InChI=1S/C22H21NO3/c1-14-11-21(24)26-22-16(14)9-10-20-18(22)12-23(13-25-20)19-8-4-6-15-5-2-3-7-17(15)19/h2-3,5,7,9-11,19H,4,6,8,12-13H2,1H3/p+1/t19-/m1/s1. The lowest BCUT2D eigenvalue weighted by Crippen LogP contribution is -3.12. The van der Waals surface area contributed by atoms with Crippen LogP contribution in [-0.2, 0) is 13.0 Å². The Morgan fingerprint density at radius 2 is 2.04 bits per heavy atom. The summed E-state index contributed by atoms with van der Waals surface area (Å²) in [6, 6.07) is 14.8. The van der Waals surface area contributed by atoms with Crippen molar-refractivity contribution in [2.75, 3.05) is 6.73 Å². The van der Waals surface area contributed by atoms with E-state index in [4.69, 9.17) is 9.15 Å². The van der Waals surface area contributed by atoms with Gasteiger partial charge in [0.2, 0.25) is 6.73 Å². The van der Waals surface area contributed by atoms with Gasteiger partial charge in [0.15, 0.2) is 5.58 Å². The monoisotopic (exact) mass is 348 g/mol. The Labute approximate surface area is 152 Å². The van der Waals surface area contributed by atoms with Gasteiger partial charge in [0.05, 0.1) is 5.56 Å². The van der Waals surface area contributed by atoms with Crippen molar-refractivity contribution in [3.8, 4) is 5.75 Å². The first-order valence-corrected chi connectivity index (χ1v) is 9.32. The Morgan fingerprint density at radius 3 is 2.96 bits per heavy atom. The number of nitrogens with one attached hydrogen (secondary N) is 1. The zero-order valence-corrected chi connectivity index (χ0v) is 14.9. The van der Waals surface area contributed by atoms with E-state index in [1.165, 1.54) is 28.9 Å². The molecule has 0 amide bonds. The molecule has 0 fully saturated rings. The highest BCUT2D eigenvalue weighted by Crippen LogP contribution is 2.32. The van der Waals surface area contributed by atoms with Gasteiger partial charge in [-0.2, -0.15) is 0 Å². The molecule has 0 bridgehead atoms. The van der Waals surface area contributed by atoms with Crippen LogP contribution in [-0.4, -0.2) is 6.73 Å². The number of hydrogen-bond acceptors (Lipinski definition) is 3. The van der Waals surface area contributed by atoms with Crippen molar-refractivity contribution in [3.63, 3.8) is 0 Å². The Balaban J connectivity index is 1.58. The highest BCUT2D eigenvalue weighted by molar-refractivity contribution is 5.84. The molecule has 1 aliphatic heterocycles. The Morgan fingerprint density at radius 1 is 1.15 bits per heavy atom. The molecular weight excluding hydrogens is 326 g/mol. The summed E-state index contributed by atoms with van der Waals surface area (Å²) in [5.74, 6) is 0.846. The van der Waals surface area contributed by atoms with Gasteiger partial charge in [-0.1, -0.05) is 24.3 Å². The molecule has 0 spiro atoms. The first kappa shape index (κ1) is 15.6. The van der Waals surface area contributed by atoms with Gasteiger partial charge < -0.3 is 9.15 Å². The fraction of sp³-hybridized carbons (Fsp3) is 0.318. The van der Waals surface area contributed by atoms with E-state index in [0.29, 0.717) is 18.4 Å². The summed E-state index contributed by atoms with van der Waals surface area (Å²) in [7, 11) is 0. The van der Waals surface area contributed by atoms with Gasteiger partial charge in [0, 0.05) is 23.4 Å². The SMILES string of the molecule is Cc1cc(=O)oc2c3c(ccc12)OC[NH+]([C@@H]1CCCc2ccccc21)C3. The van der Waals surface area contributed by atoms with Crippen LogP contribution in [0, 0.1) is 6.92 Å². The van der Waals surface area contributed by atoms with Gasteiger partial charge in [-0.25, -0.2) is 4.79 Å². The third-order valence-electron chi connectivity index (χ3n) is 5.86. The van der Waals surface area contributed by atoms with E-state index in [1.54, 1.807) is 6.07 Å². The summed E-state index contributed by atoms with van der Waals surface area (Å²) in [5, 5.41) is 0.997. The summed E-state index contributed by atoms with van der Waals surface area (Å²) >= 11 is 0. The topological polar surface area (TPSA) is 43.9 Å².